The number of nitro groups is 2. The molecule has 28 heavy (non-hydrogen) atoms. The average molecular weight is 405 g/mol. The number of hydrogen-bond acceptors (Lipinski definition) is 7. The van der Waals surface area contributed by atoms with Gasteiger partial charge in [0.1, 0.15) is 5.75 Å². The summed E-state index contributed by atoms with van der Waals surface area (Å²) in [5.41, 5.74) is -0.406. The molecule has 0 bridgehead atoms. The Kier molecular flexibility index (Phi) is 7.62. The standard InChI is InChI=1S/C19H23N3O5S/c1-4-10-20(11-5-2)19-17(21(23)24)12-16(13-18(19)22(25)26)28-15-8-6-14(27-3)7-9-15/h6-9,12-13H,4-5,10-11H2,1-3H3. The van der Waals surface area contributed by atoms with E-state index in [9.17, 15) is 20.2 Å². The van der Waals surface area contributed by atoms with Crippen LogP contribution < -0.4 is 9.64 Å². The maximum absolute atomic E-state index is 11.7. The van der Waals surface area contributed by atoms with Gasteiger partial charge in [-0.25, -0.2) is 0 Å². The van der Waals surface area contributed by atoms with Crippen molar-refractivity contribution in [3.63, 3.8) is 0 Å². The normalized spacial score (nSPS) is 10.5. The molecule has 0 spiro atoms. The summed E-state index contributed by atoms with van der Waals surface area (Å²) >= 11 is 1.23. The van der Waals surface area contributed by atoms with Crippen molar-refractivity contribution in [2.75, 3.05) is 25.1 Å². The molecule has 0 heterocycles. The summed E-state index contributed by atoms with van der Waals surface area (Å²) < 4.78 is 5.12. The SMILES string of the molecule is CCCN(CCC)c1c([N+](=O)[O-])cc(Sc2ccc(OC)cc2)cc1[N+](=O)[O-]. The lowest BCUT2D eigenvalue weighted by molar-refractivity contribution is -0.393. The molecule has 9 heteroatoms. The predicted molar refractivity (Wildman–Crippen MR) is 110 cm³/mol. The number of ether oxygens (including phenoxy) is 1. The van der Waals surface area contributed by atoms with Gasteiger partial charge in [-0.2, -0.15) is 0 Å². The van der Waals surface area contributed by atoms with Crippen LogP contribution in [0.15, 0.2) is 46.2 Å². The van der Waals surface area contributed by atoms with E-state index in [1.807, 2.05) is 13.8 Å². The Labute approximate surface area is 167 Å². The molecule has 0 aromatic heterocycles. The number of hydrogen-bond donors (Lipinski definition) is 0. The molecular weight excluding hydrogens is 382 g/mol. The van der Waals surface area contributed by atoms with Gasteiger partial charge in [0.05, 0.1) is 17.0 Å². The van der Waals surface area contributed by atoms with E-state index in [-0.39, 0.29) is 17.1 Å². The minimum atomic E-state index is -0.543. The van der Waals surface area contributed by atoms with Crippen LogP contribution in [-0.4, -0.2) is 30.0 Å². The largest absolute Gasteiger partial charge is 0.497 e. The molecule has 0 saturated carbocycles. The fraction of sp³-hybridized carbons (Fsp3) is 0.368. The minimum absolute atomic E-state index is 0.0813. The van der Waals surface area contributed by atoms with E-state index in [1.54, 1.807) is 36.3 Å². The van der Waals surface area contributed by atoms with Crippen LogP contribution in [0.3, 0.4) is 0 Å². The Balaban J connectivity index is 2.54. The van der Waals surface area contributed by atoms with Crippen LogP contribution in [0, 0.1) is 20.2 Å². The highest BCUT2D eigenvalue weighted by Crippen LogP contribution is 2.43. The Morgan fingerprint density at radius 1 is 0.929 bits per heavy atom. The van der Waals surface area contributed by atoms with Gasteiger partial charge in [0, 0.05) is 35.0 Å². The highest BCUT2D eigenvalue weighted by Gasteiger charge is 2.30. The van der Waals surface area contributed by atoms with Crippen LogP contribution in [-0.2, 0) is 0 Å². The van der Waals surface area contributed by atoms with Gasteiger partial charge in [-0.3, -0.25) is 20.2 Å². The van der Waals surface area contributed by atoms with Gasteiger partial charge in [-0.15, -0.1) is 0 Å². The van der Waals surface area contributed by atoms with Crippen molar-refractivity contribution >= 4 is 28.8 Å². The predicted octanol–water partition coefficient (Wildman–Crippen LogP) is 5.29. The van der Waals surface area contributed by atoms with Crippen LogP contribution in [0.25, 0.3) is 0 Å². The molecule has 0 radical (unpaired) electrons. The highest BCUT2D eigenvalue weighted by atomic mass is 32.2. The van der Waals surface area contributed by atoms with Crippen molar-refractivity contribution in [1.82, 2.24) is 0 Å². The fourth-order valence-electron chi connectivity index (χ4n) is 2.90. The summed E-state index contributed by atoms with van der Waals surface area (Å²) in [6.07, 6.45) is 1.47. The Hall–Kier alpha value is -2.81. The number of nitrogens with zero attached hydrogens (tertiary/aromatic N) is 3. The number of nitro benzene ring substituents is 2. The van der Waals surface area contributed by atoms with Gasteiger partial charge in [-0.1, -0.05) is 25.6 Å². The van der Waals surface area contributed by atoms with Crippen molar-refractivity contribution in [2.24, 2.45) is 0 Å². The Bertz CT molecular complexity index is 801. The topological polar surface area (TPSA) is 98.8 Å². The lowest BCUT2D eigenvalue weighted by atomic mass is 10.2. The molecule has 0 aliphatic rings. The van der Waals surface area contributed by atoms with Gasteiger partial charge in [-0.05, 0) is 37.1 Å². The first-order valence-corrected chi connectivity index (χ1v) is 9.76. The van der Waals surface area contributed by atoms with Crippen molar-refractivity contribution in [2.45, 2.75) is 36.5 Å². The zero-order valence-electron chi connectivity index (χ0n) is 16.1. The molecule has 8 nitrogen and oxygen atoms in total. The summed E-state index contributed by atoms with van der Waals surface area (Å²) in [6, 6.07) is 9.96. The van der Waals surface area contributed by atoms with Crippen molar-refractivity contribution in [3.05, 3.63) is 56.6 Å². The summed E-state index contributed by atoms with van der Waals surface area (Å²) in [6.45, 7) is 4.91. The molecular formula is C19H23N3O5S. The minimum Gasteiger partial charge on any atom is -0.497 e. The third-order valence-electron chi connectivity index (χ3n) is 4.04. The first-order chi connectivity index (χ1) is 13.4. The van der Waals surface area contributed by atoms with E-state index < -0.39 is 9.85 Å². The van der Waals surface area contributed by atoms with Crippen molar-refractivity contribution in [1.29, 1.82) is 0 Å². The molecule has 0 aliphatic heterocycles. The maximum atomic E-state index is 11.7. The average Bonchev–Trinajstić information content (AvgIpc) is 2.67. The second kappa shape index (κ2) is 9.93. The molecule has 0 saturated heterocycles. The van der Waals surface area contributed by atoms with E-state index >= 15 is 0 Å². The van der Waals surface area contributed by atoms with Crippen LogP contribution in [0.1, 0.15) is 26.7 Å². The maximum Gasteiger partial charge on any atom is 0.300 e. The van der Waals surface area contributed by atoms with Gasteiger partial charge in [0.2, 0.25) is 0 Å². The third kappa shape index (κ3) is 5.13. The van der Waals surface area contributed by atoms with Crippen LogP contribution >= 0.6 is 11.8 Å². The Morgan fingerprint density at radius 3 is 1.82 bits per heavy atom. The number of methoxy groups -OCH3 is 1. The zero-order valence-corrected chi connectivity index (χ0v) is 16.9. The lowest BCUT2D eigenvalue weighted by Crippen LogP contribution is -2.26. The summed E-state index contributed by atoms with van der Waals surface area (Å²) in [4.78, 5) is 25.4. The van der Waals surface area contributed by atoms with E-state index in [4.69, 9.17) is 4.74 Å². The van der Waals surface area contributed by atoms with Crippen LogP contribution in [0.5, 0.6) is 5.75 Å². The van der Waals surface area contributed by atoms with Gasteiger partial charge in [0.15, 0.2) is 5.69 Å². The molecule has 0 aliphatic carbocycles. The summed E-state index contributed by atoms with van der Waals surface area (Å²) in [7, 11) is 1.56. The van der Waals surface area contributed by atoms with Crippen LogP contribution in [0.2, 0.25) is 0 Å². The van der Waals surface area contributed by atoms with E-state index in [2.05, 4.69) is 0 Å². The molecule has 2 aromatic carbocycles. The van der Waals surface area contributed by atoms with Gasteiger partial charge < -0.3 is 9.64 Å². The van der Waals surface area contributed by atoms with E-state index in [1.165, 1.54) is 23.9 Å². The number of anilines is 1. The molecule has 0 atom stereocenters. The molecule has 0 N–H and O–H groups in total. The molecule has 0 unspecified atom stereocenters. The van der Waals surface area contributed by atoms with Crippen molar-refractivity contribution in [3.8, 4) is 5.75 Å². The molecule has 150 valence electrons. The first-order valence-electron chi connectivity index (χ1n) is 8.94. The van der Waals surface area contributed by atoms with E-state index in [0.29, 0.717) is 23.7 Å². The molecule has 0 fully saturated rings. The third-order valence-corrected chi connectivity index (χ3v) is 5.01. The quantitative estimate of drug-likeness (QED) is 0.391. The fourth-order valence-corrected chi connectivity index (χ4v) is 3.78. The zero-order chi connectivity index (χ0) is 20.7. The smallest absolute Gasteiger partial charge is 0.300 e. The Morgan fingerprint density at radius 2 is 1.43 bits per heavy atom. The number of rotatable bonds is 10. The molecule has 2 rings (SSSR count). The summed E-state index contributed by atoms with van der Waals surface area (Å²) in [5, 5.41) is 23.5. The van der Waals surface area contributed by atoms with Crippen molar-refractivity contribution < 1.29 is 14.6 Å². The second-order valence-electron chi connectivity index (χ2n) is 6.09. The first kappa shape index (κ1) is 21.5. The lowest BCUT2D eigenvalue weighted by Gasteiger charge is -2.23. The number of benzene rings is 2. The monoisotopic (exact) mass is 405 g/mol. The second-order valence-corrected chi connectivity index (χ2v) is 7.24. The van der Waals surface area contributed by atoms with Gasteiger partial charge >= 0.3 is 11.4 Å². The van der Waals surface area contributed by atoms with E-state index in [0.717, 1.165) is 17.7 Å². The molecule has 2 aromatic rings. The molecule has 0 amide bonds. The van der Waals surface area contributed by atoms with Gasteiger partial charge in [0.25, 0.3) is 0 Å². The van der Waals surface area contributed by atoms with Crippen LogP contribution in [0.4, 0.5) is 17.1 Å². The summed E-state index contributed by atoms with van der Waals surface area (Å²) in [5.74, 6) is 0.687. The highest BCUT2D eigenvalue weighted by molar-refractivity contribution is 7.99.